The van der Waals surface area contributed by atoms with Crippen LogP contribution < -0.4 is 15.0 Å². The summed E-state index contributed by atoms with van der Waals surface area (Å²) in [5.41, 5.74) is 2.03. The fourth-order valence-corrected chi connectivity index (χ4v) is 2.84. The molecule has 0 radical (unpaired) electrons. The third kappa shape index (κ3) is 2.97. The maximum atomic E-state index is 12.8. The zero-order chi connectivity index (χ0) is 17.1. The van der Waals surface area contributed by atoms with E-state index in [-0.39, 0.29) is 11.7 Å². The lowest BCUT2D eigenvalue weighted by atomic mass is 10.0. The minimum atomic E-state index is -0.236. The predicted octanol–water partition coefficient (Wildman–Crippen LogP) is 2.69. The maximum absolute atomic E-state index is 12.8. The van der Waals surface area contributed by atoms with Crippen LogP contribution in [0.4, 0.5) is 0 Å². The summed E-state index contributed by atoms with van der Waals surface area (Å²) >= 11 is 0. The van der Waals surface area contributed by atoms with Gasteiger partial charge < -0.3 is 18.8 Å². The Morgan fingerprint density at radius 3 is 2.48 bits per heavy atom. The zero-order valence-corrected chi connectivity index (χ0v) is 14.3. The van der Waals surface area contributed by atoms with Gasteiger partial charge in [-0.25, -0.2) is 0 Å². The Balaban J connectivity index is 2.78. The number of aryl methyl sites for hydroxylation is 1. The van der Waals surface area contributed by atoms with Gasteiger partial charge in [0, 0.05) is 26.0 Å². The van der Waals surface area contributed by atoms with E-state index in [9.17, 15) is 4.79 Å². The molecular weight excluding hydrogens is 294 g/mol. The van der Waals surface area contributed by atoms with Crippen molar-refractivity contribution in [2.45, 2.75) is 19.4 Å². The van der Waals surface area contributed by atoms with Crippen LogP contribution in [-0.2, 0) is 18.2 Å². The minimum absolute atomic E-state index is 0.123. The summed E-state index contributed by atoms with van der Waals surface area (Å²) < 4.78 is 18.0. The molecule has 0 fully saturated rings. The fourth-order valence-electron chi connectivity index (χ4n) is 2.84. The zero-order valence-electron chi connectivity index (χ0n) is 14.3. The summed E-state index contributed by atoms with van der Waals surface area (Å²) in [6.45, 7) is 5.81. The highest BCUT2D eigenvalue weighted by atomic mass is 16.5. The minimum Gasteiger partial charge on any atom is -0.496 e. The van der Waals surface area contributed by atoms with Gasteiger partial charge in [-0.3, -0.25) is 4.79 Å². The molecule has 5 nitrogen and oxygen atoms in total. The van der Waals surface area contributed by atoms with Crippen LogP contribution in [0, 0.1) is 0 Å². The maximum Gasteiger partial charge on any atom is 0.257 e. The van der Waals surface area contributed by atoms with E-state index in [1.54, 1.807) is 32.9 Å². The Bertz CT molecular complexity index is 792. The first kappa shape index (κ1) is 17.1. The molecule has 1 aromatic carbocycles. The van der Waals surface area contributed by atoms with E-state index in [1.165, 1.54) is 0 Å². The van der Waals surface area contributed by atoms with Crippen LogP contribution in [0.15, 0.2) is 35.1 Å². The largest absolute Gasteiger partial charge is 0.496 e. The molecule has 1 aromatic heterocycles. The number of pyridine rings is 1. The molecule has 1 heterocycles. The lowest BCUT2D eigenvalue weighted by molar-refractivity contribution is 0.131. The highest BCUT2D eigenvalue weighted by Crippen LogP contribution is 2.33. The van der Waals surface area contributed by atoms with E-state index in [2.05, 4.69) is 6.58 Å². The highest BCUT2D eigenvalue weighted by Gasteiger charge is 2.21. The lowest BCUT2D eigenvalue weighted by Crippen LogP contribution is -2.27. The second-order valence-electron chi connectivity index (χ2n) is 5.51. The van der Waals surface area contributed by atoms with E-state index < -0.39 is 0 Å². The molecule has 0 bridgehead atoms. The Kier molecular flexibility index (Phi) is 5.11. The standard InChI is InChI=1S/C18H23NO4/c1-11(2)15(22-5)10-13-17(23-6)12-8-7-9-14(21-4)16(12)19(3)18(13)20/h7-9,15H,1,10H2,2-6H3. The summed E-state index contributed by atoms with van der Waals surface area (Å²) in [7, 11) is 6.50. The molecular formula is C18H23NO4. The molecule has 2 rings (SSSR count). The van der Waals surface area contributed by atoms with Crippen molar-refractivity contribution in [2.75, 3.05) is 21.3 Å². The molecule has 23 heavy (non-hydrogen) atoms. The molecule has 0 saturated carbocycles. The van der Waals surface area contributed by atoms with Gasteiger partial charge in [0.05, 0.1) is 31.4 Å². The van der Waals surface area contributed by atoms with E-state index >= 15 is 0 Å². The van der Waals surface area contributed by atoms with E-state index in [0.717, 1.165) is 11.0 Å². The van der Waals surface area contributed by atoms with Gasteiger partial charge >= 0.3 is 0 Å². The summed E-state index contributed by atoms with van der Waals surface area (Å²) in [6, 6.07) is 5.62. The number of hydrogen-bond donors (Lipinski definition) is 0. The van der Waals surface area contributed by atoms with Gasteiger partial charge in [-0.15, -0.1) is 0 Å². The van der Waals surface area contributed by atoms with E-state index in [1.807, 2.05) is 25.1 Å². The molecule has 1 unspecified atom stereocenters. The molecule has 2 aromatic rings. The monoisotopic (exact) mass is 317 g/mol. The molecule has 0 amide bonds. The van der Waals surface area contributed by atoms with Crippen LogP contribution in [0.1, 0.15) is 12.5 Å². The predicted molar refractivity (Wildman–Crippen MR) is 91.6 cm³/mol. The summed E-state index contributed by atoms with van der Waals surface area (Å²) in [5.74, 6) is 1.19. The van der Waals surface area contributed by atoms with Crippen molar-refractivity contribution in [3.05, 3.63) is 46.3 Å². The van der Waals surface area contributed by atoms with Crippen molar-refractivity contribution >= 4 is 10.9 Å². The molecule has 0 aliphatic carbocycles. The number of nitrogens with zero attached hydrogens (tertiary/aromatic N) is 1. The van der Waals surface area contributed by atoms with Crippen molar-refractivity contribution < 1.29 is 14.2 Å². The third-order valence-corrected chi connectivity index (χ3v) is 4.06. The average Bonchev–Trinajstić information content (AvgIpc) is 2.55. The van der Waals surface area contributed by atoms with E-state index in [4.69, 9.17) is 14.2 Å². The second kappa shape index (κ2) is 6.87. The lowest BCUT2D eigenvalue weighted by Gasteiger charge is -2.20. The molecule has 0 N–H and O–H groups in total. The van der Waals surface area contributed by atoms with Gasteiger partial charge in [-0.05, 0) is 19.1 Å². The van der Waals surface area contributed by atoms with Crippen LogP contribution in [-0.4, -0.2) is 32.0 Å². The summed E-state index contributed by atoms with van der Waals surface area (Å²) in [4.78, 5) is 12.8. The van der Waals surface area contributed by atoms with Gasteiger partial charge in [-0.1, -0.05) is 18.2 Å². The molecule has 0 aliphatic heterocycles. The van der Waals surface area contributed by atoms with Gasteiger partial charge in [0.15, 0.2) is 0 Å². The Morgan fingerprint density at radius 2 is 1.96 bits per heavy atom. The molecule has 0 saturated heterocycles. The van der Waals surface area contributed by atoms with Crippen LogP contribution in [0.3, 0.4) is 0 Å². The third-order valence-electron chi connectivity index (χ3n) is 4.06. The summed E-state index contributed by atoms with van der Waals surface area (Å²) in [5, 5.41) is 0.834. The number of benzene rings is 1. The fraction of sp³-hybridized carbons (Fsp3) is 0.389. The Morgan fingerprint density at radius 1 is 1.26 bits per heavy atom. The number of methoxy groups -OCH3 is 3. The second-order valence-corrected chi connectivity index (χ2v) is 5.51. The SMILES string of the molecule is C=C(C)C(Cc1c(OC)c2cccc(OC)c2n(C)c1=O)OC. The number of aromatic nitrogens is 1. The topological polar surface area (TPSA) is 49.7 Å². The normalized spacial score (nSPS) is 12.2. The van der Waals surface area contributed by atoms with Crippen molar-refractivity contribution in [3.8, 4) is 11.5 Å². The number of ether oxygens (including phenoxy) is 3. The van der Waals surface area contributed by atoms with Crippen molar-refractivity contribution in [1.29, 1.82) is 0 Å². The average molecular weight is 317 g/mol. The first-order valence-corrected chi connectivity index (χ1v) is 7.37. The molecule has 5 heteroatoms. The number of para-hydroxylation sites is 1. The molecule has 124 valence electrons. The number of rotatable bonds is 6. The quantitative estimate of drug-likeness (QED) is 0.769. The number of hydrogen-bond acceptors (Lipinski definition) is 4. The van der Waals surface area contributed by atoms with Crippen LogP contribution in [0.2, 0.25) is 0 Å². The molecule has 0 spiro atoms. The smallest absolute Gasteiger partial charge is 0.257 e. The van der Waals surface area contributed by atoms with Gasteiger partial charge in [0.2, 0.25) is 0 Å². The molecule has 0 aliphatic rings. The van der Waals surface area contributed by atoms with Crippen molar-refractivity contribution in [2.24, 2.45) is 7.05 Å². The van der Waals surface area contributed by atoms with Crippen molar-refractivity contribution in [3.63, 3.8) is 0 Å². The Labute approximate surface area is 136 Å². The van der Waals surface area contributed by atoms with Crippen molar-refractivity contribution in [1.82, 2.24) is 4.57 Å². The first-order chi connectivity index (χ1) is 11.0. The van der Waals surface area contributed by atoms with Gasteiger partial charge in [0.1, 0.15) is 11.5 Å². The van der Waals surface area contributed by atoms with E-state index in [0.29, 0.717) is 29.0 Å². The highest BCUT2D eigenvalue weighted by molar-refractivity contribution is 5.91. The summed E-state index contributed by atoms with van der Waals surface area (Å²) in [6.07, 6.45) is 0.175. The molecule has 1 atom stereocenters. The first-order valence-electron chi connectivity index (χ1n) is 7.37. The Hall–Kier alpha value is -2.27. The van der Waals surface area contributed by atoms with Crippen LogP contribution >= 0.6 is 0 Å². The van der Waals surface area contributed by atoms with Gasteiger partial charge in [0.25, 0.3) is 5.56 Å². The van der Waals surface area contributed by atoms with Crippen LogP contribution in [0.25, 0.3) is 10.9 Å². The van der Waals surface area contributed by atoms with Crippen LogP contribution in [0.5, 0.6) is 11.5 Å². The van der Waals surface area contributed by atoms with Gasteiger partial charge in [-0.2, -0.15) is 0 Å². The number of fused-ring (bicyclic) bond motifs is 1.